The van der Waals surface area contributed by atoms with Crippen molar-refractivity contribution in [1.29, 1.82) is 0 Å². The first kappa shape index (κ1) is 16.8. The third kappa shape index (κ3) is 3.63. The third-order valence-corrected chi connectivity index (χ3v) is 5.59. The first-order chi connectivity index (χ1) is 12.7. The fourth-order valence-electron chi connectivity index (χ4n) is 2.42. The van der Waals surface area contributed by atoms with Crippen LogP contribution in [-0.4, -0.2) is 31.4 Å². The lowest BCUT2D eigenvalue weighted by molar-refractivity contribution is -0.113. The van der Waals surface area contributed by atoms with E-state index in [1.165, 1.54) is 23.1 Å². The summed E-state index contributed by atoms with van der Waals surface area (Å²) in [6.45, 7) is 2.41. The number of thioether (sulfide) groups is 1. The van der Waals surface area contributed by atoms with E-state index >= 15 is 0 Å². The fourth-order valence-corrected chi connectivity index (χ4v) is 4.09. The number of hydrogen-bond acceptors (Lipinski definition) is 7. The summed E-state index contributed by atoms with van der Waals surface area (Å²) in [6, 6.07) is 11.5. The lowest BCUT2D eigenvalue weighted by atomic mass is 10.3. The Kier molecular flexibility index (Phi) is 4.72. The second-order valence-corrected chi connectivity index (χ2v) is 7.49. The lowest BCUT2D eigenvalue weighted by Crippen LogP contribution is -2.14. The maximum atomic E-state index is 12.3. The molecule has 26 heavy (non-hydrogen) atoms. The van der Waals surface area contributed by atoms with Gasteiger partial charge >= 0.3 is 0 Å². The number of rotatable bonds is 6. The minimum Gasteiger partial charge on any atom is -0.467 e. The summed E-state index contributed by atoms with van der Waals surface area (Å²) in [5.41, 5.74) is 0.884. The first-order valence-electron chi connectivity index (χ1n) is 7.89. The van der Waals surface area contributed by atoms with Crippen molar-refractivity contribution in [3.63, 3.8) is 0 Å². The molecule has 0 unspecified atom stereocenters. The number of anilines is 1. The topological polar surface area (TPSA) is 85.8 Å². The number of nitrogens with one attached hydrogen (secondary N) is 1. The van der Waals surface area contributed by atoms with Crippen LogP contribution in [0.3, 0.4) is 0 Å². The van der Waals surface area contributed by atoms with E-state index in [-0.39, 0.29) is 11.7 Å². The Morgan fingerprint density at radius 2 is 2.15 bits per heavy atom. The van der Waals surface area contributed by atoms with E-state index in [2.05, 4.69) is 20.5 Å². The van der Waals surface area contributed by atoms with E-state index in [1.54, 1.807) is 6.26 Å². The predicted octanol–water partition coefficient (Wildman–Crippen LogP) is 3.57. The van der Waals surface area contributed by atoms with Crippen LogP contribution in [0.15, 0.2) is 52.2 Å². The zero-order valence-electron chi connectivity index (χ0n) is 13.9. The van der Waals surface area contributed by atoms with E-state index < -0.39 is 0 Å². The summed E-state index contributed by atoms with van der Waals surface area (Å²) in [5, 5.41) is 12.4. The van der Waals surface area contributed by atoms with Gasteiger partial charge in [-0.1, -0.05) is 35.2 Å². The van der Waals surface area contributed by atoms with Crippen molar-refractivity contribution in [3.05, 3.63) is 54.2 Å². The largest absolute Gasteiger partial charge is 0.467 e. The van der Waals surface area contributed by atoms with Gasteiger partial charge in [0.25, 0.3) is 0 Å². The van der Waals surface area contributed by atoms with Crippen LogP contribution in [0.25, 0.3) is 10.2 Å². The Labute approximate surface area is 157 Å². The molecule has 4 rings (SSSR count). The van der Waals surface area contributed by atoms with Gasteiger partial charge in [-0.05, 0) is 31.2 Å². The average molecular weight is 385 g/mol. The fraction of sp³-hybridized carbons (Fsp3) is 0.176. The number of hydrogen-bond donors (Lipinski definition) is 1. The number of carbonyl (C=O) groups is 1. The van der Waals surface area contributed by atoms with Crippen LogP contribution in [-0.2, 0) is 11.3 Å². The molecule has 3 heterocycles. The van der Waals surface area contributed by atoms with Crippen molar-refractivity contribution in [2.45, 2.75) is 18.6 Å². The average Bonchev–Trinajstić information content (AvgIpc) is 3.35. The van der Waals surface area contributed by atoms with Gasteiger partial charge in [-0.25, -0.2) is 4.98 Å². The summed E-state index contributed by atoms with van der Waals surface area (Å²) < 4.78 is 8.35. The van der Waals surface area contributed by atoms with E-state index in [9.17, 15) is 4.79 Å². The highest BCUT2D eigenvalue weighted by Crippen LogP contribution is 2.26. The van der Waals surface area contributed by atoms with Crippen molar-refractivity contribution in [3.8, 4) is 0 Å². The van der Waals surface area contributed by atoms with Gasteiger partial charge in [0.15, 0.2) is 10.3 Å². The number of aryl methyl sites for hydroxylation is 1. The van der Waals surface area contributed by atoms with Crippen LogP contribution in [0.5, 0.6) is 0 Å². The quantitative estimate of drug-likeness (QED) is 0.511. The summed E-state index contributed by atoms with van der Waals surface area (Å²) in [6.07, 6.45) is 1.63. The van der Waals surface area contributed by atoms with Gasteiger partial charge in [0.05, 0.1) is 28.8 Å². The van der Waals surface area contributed by atoms with Gasteiger partial charge in [-0.3, -0.25) is 9.36 Å². The Hall–Kier alpha value is -2.65. The third-order valence-electron chi connectivity index (χ3n) is 3.67. The molecule has 1 N–H and O–H groups in total. The maximum Gasteiger partial charge on any atom is 0.236 e. The van der Waals surface area contributed by atoms with Gasteiger partial charge in [0, 0.05) is 0 Å². The molecule has 1 amide bonds. The van der Waals surface area contributed by atoms with E-state index in [0.29, 0.717) is 16.8 Å². The van der Waals surface area contributed by atoms with Gasteiger partial charge in [-0.2, -0.15) is 0 Å². The molecule has 0 aliphatic heterocycles. The maximum absolute atomic E-state index is 12.3. The van der Waals surface area contributed by atoms with Crippen molar-refractivity contribution in [2.24, 2.45) is 0 Å². The minimum atomic E-state index is -0.126. The Morgan fingerprint density at radius 3 is 2.96 bits per heavy atom. The van der Waals surface area contributed by atoms with Crippen molar-refractivity contribution >= 4 is 44.4 Å². The molecule has 0 saturated heterocycles. The van der Waals surface area contributed by atoms with E-state index in [0.717, 1.165) is 21.8 Å². The molecular weight excluding hydrogens is 370 g/mol. The molecule has 3 aromatic heterocycles. The molecule has 0 radical (unpaired) electrons. The number of amides is 1. The molecule has 1 aromatic carbocycles. The Balaban J connectivity index is 1.40. The summed E-state index contributed by atoms with van der Waals surface area (Å²) in [7, 11) is 0. The Bertz CT molecular complexity index is 1010. The minimum absolute atomic E-state index is 0.126. The highest BCUT2D eigenvalue weighted by Gasteiger charge is 2.14. The number of para-hydroxylation sites is 1. The van der Waals surface area contributed by atoms with Crippen LogP contribution >= 0.6 is 23.1 Å². The second-order valence-electron chi connectivity index (χ2n) is 5.52. The number of fused-ring (bicyclic) bond motifs is 1. The molecule has 0 saturated carbocycles. The highest BCUT2D eigenvalue weighted by molar-refractivity contribution is 7.99. The molecule has 7 nitrogen and oxygen atoms in total. The van der Waals surface area contributed by atoms with E-state index in [1.807, 2.05) is 47.9 Å². The number of furan rings is 1. The van der Waals surface area contributed by atoms with Crippen LogP contribution in [0, 0.1) is 6.92 Å². The SMILES string of the molecule is Cc1nnc(SCC(=O)Nc2nc3ccccc3s2)n1Cc1ccco1. The van der Waals surface area contributed by atoms with Crippen molar-refractivity contribution < 1.29 is 9.21 Å². The summed E-state index contributed by atoms with van der Waals surface area (Å²) >= 11 is 2.80. The predicted molar refractivity (Wildman–Crippen MR) is 102 cm³/mol. The summed E-state index contributed by atoms with van der Waals surface area (Å²) in [4.78, 5) is 16.7. The number of nitrogens with zero attached hydrogens (tertiary/aromatic N) is 4. The Morgan fingerprint density at radius 1 is 1.27 bits per heavy atom. The number of carbonyl (C=O) groups excluding carboxylic acids is 1. The van der Waals surface area contributed by atoms with Gasteiger partial charge in [0.2, 0.25) is 5.91 Å². The highest BCUT2D eigenvalue weighted by atomic mass is 32.2. The molecular formula is C17H15N5O2S2. The molecule has 0 aliphatic carbocycles. The standard InChI is InChI=1S/C17H15N5O2S2/c1-11-20-21-17(22(11)9-12-5-4-8-24-12)25-10-15(23)19-16-18-13-6-2-3-7-14(13)26-16/h2-8H,9-10H2,1H3,(H,18,19,23). The zero-order chi connectivity index (χ0) is 17.9. The normalized spacial score (nSPS) is 11.1. The molecule has 0 bridgehead atoms. The van der Waals surface area contributed by atoms with Crippen LogP contribution in [0.4, 0.5) is 5.13 Å². The molecule has 0 atom stereocenters. The number of aromatic nitrogens is 4. The molecule has 9 heteroatoms. The summed E-state index contributed by atoms with van der Waals surface area (Å²) in [5.74, 6) is 1.69. The van der Waals surface area contributed by atoms with Crippen LogP contribution < -0.4 is 5.32 Å². The van der Waals surface area contributed by atoms with Crippen LogP contribution in [0.1, 0.15) is 11.6 Å². The molecule has 132 valence electrons. The first-order valence-corrected chi connectivity index (χ1v) is 9.69. The molecule has 4 aromatic rings. The van der Waals surface area contributed by atoms with Crippen LogP contribution in [0.2, 0.25) is 0 Å². The number of benzene rings is 1. The van der Waals surface area contributed by atoms with Gasteiger partial charge in [0.1, 0.15) is 11.6 Å². The molecule has 0 aliphatic rings. The monoisotopic (exact) mass is 385 g/mol. The molecule has 0 fully saturated rings. The zero-order valence-corrected chi connectivity index (χ0v) is 15.5. The lowest BCUT2D eigenvalue weighted by Gasteiger charge is -2.06. The molecule has 0 spiro atoms. The number of thiazole rings is 1. The van der Waals surface area contributed by atoms with Crippen molar-refractivity contribution in [1.82, 2.24) is 19.7 Å². The van der Waals surface area contributed by atoms with Crippen molar-refractivity contribution in [2.75, 3.05) is 11.1 Å². The smallest absolute Gasteiger partial charge is 0.236 e. The van der Waals surface area contributed by atoms with Gasteiger partial charge in [-0.15, -0.1) is 10.2 Å². The van der Waals surface area contributed by atoms with E-state index in [4.69, 9.17) is 4.42 Å². The van der Waals surface area contributed by atoms with Gasteiger partial charge < -0.3 is 9.73 Å². The second kappa shape index (κ2) is 7.30.